The molecule has 14 nitrogen and oxygen atoms in total. The third-order valence-electron chi connectivity index (χ3n) is 4.26. The molecule has 1 fully saturated rings. The van der Waals surface area contributed by atoms with Crippen molar-refractivity contribution < 1.29 is 67.1 Å². The molecule has 0 bridgehead atoms. The zero-order valence-corrected chi connectivity index (χ0v) is 21.3. The molecule has 14 heteroatoms. The average molecular weight is 520 g/mol. The molecule has 1 aliphatic heterocycles. The van der Waals surface area contributed by atoms with Gasteiger partial charge in [-0.05, 0) is 13.8 Å². The number of rotatable bonds is 9. The third-order valence-corrected chi connectivity index (χ3v) is 4.26. The van der Waals surface area contributed by atoms with Crippen LogP contribution in [0.15, 0.2) is 0 Å². The van der Waals surface area contributed by atoms with Gasteiger partial charge >= 0.3 is 29.8 Å². The molecule has 0 aliphatic carbocycles. The van der Waals surface area contributed by atoms with Gasteiger partial charge in [0.05, 0.1) is 12.2 Å². The maximum Gasteiger partial charge on any atom is 0.305 e. The van der Waals surface area contributed by atoms with Crippen LogP contribution in [-0.2, 0) is 62.0 Å². The lowest BCUT2D eigenvalue weighted by Crippen LogP contribution is -2.48. The van der Waals surface area contributed by atoms with E-state index >= 15 is 0 Å². The van der Waals surface area contributed by atoms with Crippen molar-refractivity contribution in [2.75, 3.05) is 0 Å². The Bertz CT molecular complexity index is 848. The molecule has 1 aliphatic rings. The second kappa shape index (κ2) is 14.9. The number of hydrogen-bond donors (Lipinski definition) is 1. The molecule has 36 heavy (non-hydrogen) atoms. The second-order valence-electron chi connectivity index (χ2n) is 7.73. The Labute approximate surface area is 207 Å². The van der Waals surface area contributed by atoms with Gasteiger partial charge in [0, 0.05) is 41.5 Å². The predicted molar refractivity (Wildman–Crippen MR) is 116 cm³/mol. The fourth-order valence-corrected chi connectivity index (χ4v) is 2.97. The molecule has 0 radical (unpaired) electrons. The van der Waals surface area contributed by atoms with Crippen LogP contribution in [0.1, 0.15) is 55.4 Å². The fourth-order valence-electron chi connectivity index (χ4n) is 2.97. The van der Waals surface area contributed by atoms with Crippen molar-refractivity contribution in [3.05, 3.63) is 0 Å². The quantitative estimate of drug-likeness (QED) is 0.233. The van der Waals surface area contributed by atoms with E-state index in [0.717, 1.165) is 20.8 Å². The van der Waals surface area contributed by atoms with Gasteiger partial charge in [-0.3, -0.25) is 33.6 Å². The summed E-state index contributed by atoms with van der Waals surface area (Å²) in [4.78, 5) is 77.3. The Morgan fingerprint density at radius 3 is 1.50 bits per heavy atom. The van der Waals surface area contributed by atoms with Crippen molar-refractivity contribution in [2.24, 2.45) is 0 Å². The highest BCUT2D eigenvalue weighted by atomic mass is 16.7. The van der Waals surface area contributed by atoms with Gasteiger partial charge in [-0.25, -0.2) is 0 Å². The summed E-state index contributed by atoms with van der Waals surface area (Å²) in [6.07, 6.45) is -7.68. The lowest BCUT2D eigenvalue weighted by Gasteiger charge is -2.26. The number of carbonyl (C=O) groups is 7. The Morgan fingerprint density at radius 2 is 1.14 bits per heavy atom. The van der Waals surface area contributed by atoms with Crippen LogP contribution in [0.2, 0.25) is 0 Å². The minimum absolute atomic E-state index is 0.531. The van der Waals surface area contributed by atoms with Crippen molar-refractivity contribution in [1.29, 1.82) is 0 Å². The maximum absolute atomic E-state index is 11.6. The van der Waals surface area contributed by atoms with Gasteiger partial charge in [0.2, 0.25) is 24.3 Å². The summed E-state index contributed by atoms with van der Waals surface area (Å²) < 4.78 is 29.5. The molecule has 1 N–H and O–H groups in total. The smallest absolute Gasteiger partial charge is 0.305 e. The largest absolute Gasteiger partial charge is 0.456 e. The molecule has 0 aromatic carbocycles. The zero-order valence-electron chi connectivity index (χ0n) is 21.3. The lowest BCUT2D eigenvalue weighted by atomic mass is 10.0. The minimum Gasteiger partial charge on any atom is -0.456 e. The zero-order chi connectivity index (χ0) is 28.3. The summed E-state index contributed by atoms with van der Waals surface area (Å²) in [7, 11) is 0. The highest BCUT2D eigenvalue weighted by Gasteiger charge is 2.49. The summed E-state index contributed by atoms with van der Waals surface area (Å²) in [6.45, 7) is 9.62. The van der Waals surface area contributed by atoms with E-state index in [1.165, 1.54) is 27.7 Å². The number of ketones is 2. The van der Waals surface area contributed by atoms with Crippen LogP contribution in [-0.4, -0.2) is 89.4 Å². The molecule has 0 saturated carbocycles. The number of esters is 5. The van der Waals surface area contributed by atoms with Crippen LogP contribution in [0, 0.1) is 0 Å². The van der Waals surface area contributed by atoms with E-state index in [0.29, 0.717) is 0 Å². The first-order chi connectivity index (χ1) is 16.5. The van der Waals surface area contributed by atoms with Gasteiger partial charge in [0.25, 0.3) is 0 Å². The third kappa shape index (κ3) is 11.4. The fraction of sp³-hybridized carbons (Fsp3) is 0.682. The van der Waals surface area contributed by atoms with E-state index in [1.54, 1.807) is 6.92 Å². The highest BCUT2D eigenvalue weighted by Crippen LogP contribution is 2.27. The molecule has 1 rings (SSSR count). The Morgan fingerprint density at radius 1 is 0.694 bits per heavy atom. The Balaban J connectivity index is 0.000000681. The van der Waals surface area contributed by atoms with Crippen LogP contribution >= 0.6 is 0 Å². The molecule has 204 valence electrons. The van der Waals surface area contributed by atoms with Crippen molar-refractivity contribution in [1.82, 2.24) is 0 Å². The van der Waals surface area contributed by atoms with Crippen LogP contribution < -0.4 is 0 Å². The van der Waals surface area contributed by atoms with E-state index < -0.39 is 84.3 Å². The standard InChI is InChI=1S/2C11H16O7/c1-5-9(16-6(2)12)10(17-7(3)13)11(15-5)18-8(4)14;1-5(12)9(16)11(18-8(4)15)10(6(2)13)17-7(3)14/h5,9-11H,1-4H3;6,10-11,13H,1-4H3. The highest BCUT2D eigenvalue weighted by molar-refractivity contribution is 6.38. The van der Waals surface area contributed by atoms with Gasteiger partial charge in [0.1, 0.15) is 0 Å². The number of hydrogen-bond acceptors (Lipinski definition) is 14. The van der Waals surface area contributed by atoms with E-state index in [4.69, 9.17) is 23.7 Å². The number of aliphatic hydroxyl groups is 1. The van der Waals surface area contributed by atoms with Crippen LogP contribution in [0.3, 0.4) is 0 Å². The van der Waals surface area contributed by atoms with Crippen LogP contribution in [0.4, 0.5) is 0 Å². The van der Waals surface area contributed by atoms with Crippen molar-refractivity contribution in [3.63, 3.8) is 0 Å². The SMILES string of the molecule is CC(=O)OC(C(=O)C(C)=O)C(OC(C)=O)C(C)O.CC(=O)OC1OC(C)C(OC(C)=O)C1OC(C)=O. The molecule has 1 saturated heterocycles. The second-order valence-corrected chi connectivity index (χ2v) is 7.73. The van der Waals surface area contributed by atoms with Crippen LogP contribution in [0.25, 0.3) is 0 Å². The first-order valence-corrected chi connectivity index (χ1v) is 10.7. The summed E-state index contributed by atoms with van der Waals surface area (Å²) in [5, 5.41) is 9.44. The Kier molecular flexibility index (Phi) is 13.5. The van der Waals surface area contributed by atoms with Crippen molar-refractivity contribution in [3.8, 4) is 0 Å². The minimum atomic E-state index is -1.64. The number of carbonyl (C=O) groups excluding carboxylic acids is 7. The van der Waals surface area contributed by atoms with Crippen LogP contribution in [0.5, 0.6) is 0 Å². The number of Topliss-reactive ketones (excluding diaryl/α,β-unsaturated/α-hetero) is 2. The predicted octanol–water partition coefficient (Wildman–Crippen LogP) is -0.454. The lowest BCUT2D eigenvalue weighted by molar-refractivity contribution is -0.194. The summed E-state index contributed by atoms with van der Waals surface area (Å²) in [6, 6.07) is 0. The molecule has 1 heterocycles. The van der Waals surface area contributed by atoms with E-state index in [2.05, 4.69) is 4.74 Å². The van der Waals surface area contributed by atoms with Gasteiger partial charge in [-0.1, -0.05) is 0 Å². The van der Waals surface area contributed by atoms with Gasteiger partial charge in [-0.15, -0.1) is 0 Å². The number of aliphatic hydroxyl groups excluding tert-OH is 1. The monoisotopic (exact) mass is 520 g/mol. The first kappa shape index (κ1) is 32.6. The normalized spacial score (nSPS) is 22.9. The van der Waals surface area contributed by atoms with E-state index in [9.17, 15) is 38.7 Å². The van der Waals surface area contributed by atoms with Gasteiger partial charge < -0.3 is 33.5 Å². The molecule has 7 unspecified atom stereocenters. The van der Waals surface area contributed by atoms with E-state index in [1.807, 2.05) is 0 Å². The molecular weight excluding hydrogens is 488 g/mol. The average Bonchev–Trinajstić information content (AvgIpc) is 2.96. The maximum atomic E-state index is 11.6. The summed E-state index contributed by atoms with van der Waals surface area (Å²) in [5.74, 6) is -5.19. The van der Waals surface area contributed by atoms with Gasteiger partial charge in [-0.2, -0.15) is 0 Å². The molecule has 0 aromatic heterocycles. The van der Waals surface area contributed by atoms with Crippen molar-refractivity contribution >= 4 is 41.4 Å². The van der Waals surface area contributed by atoms with Gasteiger partial charge in [0.15, 0.2) is 18.0 Å². The molecule has 0 amide bonds. The first-order valence-electron chi connectivity index (χ1n) is 10.7. The number of ether oxygens (including phenoxy) is 6. The van der Waals surface area contributed by atoms with E-state index in [-0.39, 0.29) is 0 Å². The topological polar surface area (TPSA) is 195 Å². The van der Waals surface area contributed by atoms with Crippen molar-refractivity contribution in [2.45, 2.75) is 98.3 Å². The molecule has 7 atom stereocenters. The molecular formula is C22H32O14. The summed E-state index contributed by atoms with van der Waals surface area (Å²) >= 11 is 0. The molecule has 0 aromatic rings. The Hall–Kier alpha value is -3.39. The summed E-state index contributed by atoms with van der Waals surface area (Å²) in [5.41, 5.74) is 0. The molecule has 0 spiro atoms.